The van der Waals surface area contributed by atoms with Crippen molar-refractivity contribution < 1.29 is 29.3 Å². The second kappa shape index (κ2) is 11.5. The summed E-state index contributed by atoms with van der Waals surface area (Å²) in [5.41, 5.74) is -0.162. The summed E-state index contributed by atoms with van der Waals surface area (Å²) >= 11 is 0. The van der Waals surface area contributed by atoms with E-state index in [1.165, 1.54) is 24.3 Å². The van der Waals surface area contributed by atoms with Crippen LogP contribution in [0.3, 0.4) is 0 Å². The van der Waals surface area contributed by atoms with E-state index < -0.39 is 42.2 Å². The average molecular weight is 504 g/mol. The van der Waals surface area contributed by atoms with Crippen molar-refractivity contribution in [2.24, 2.45) is 0 Å². The van der Waals surface area contributed by atoms with Crippen molar-refractivity contribution in [3.8, 4) is 18.2 Å². The van der Waals surface area contributed by atoms with Crippen LogP contribution in [0.5, 0.6) is 5.75 Å². The van der Waals surface area contributed by atoms with Crippen molar-refractivity contribution in [2.75, 3.05) is 11.9 Å². The molecule has 37 heavy (non-hydrogen) atoms. The number of nitrogens with one attached hydrogen (secondary N) is 2. The van der Waals surface area contributed by atoms with Gasteiger partial charge in [-0.1, -0.05) is 48.9 Å². The Morgan fingerprint density at radius 1 is 1.03 bits per heavy atom. The van der Waals surface area contributed by atoms with Crippen LogP contribution >= 0.6 is 0 Å². The summed E-state index contributed by atoms with van der Waals surface area (Å²) in [4.78, 5) is 39.9. The number of alkyl carbamates (subject to hydrolysis) is 1. The van der Waals surface area contributed by atoms with Crippen molar-refractivity contribution in [1.82, 2.24) is 10.2 Å². The fourth-order valence-corrected chi connectivity index (χ4v) is 3.66. The van der Waals surface area contributed by atoms with Crippen LogP contribution in [-0.2, 0) is 14.3 Å². The number of phenolic OH excluding ortho intramolecular Hbond substituents is 1. The van der Waals surface area contributed by atoms with E-state index in [1.807, 2.05) is 30.3 Å². The quantitative estimate of drug-likeness (QED) is 0.289. The standard InChI is InChI=1S/C28H29N3O6/c1-5-31(26(35)23(17-32)30-27(36)37-28(2,3)4)24(20-11-8-12-22(33)16-20)25(34)29-21-14-13-18-9-6-7-10-19(18)15-21/h1,6-16,23-24,32-33H,17H2,2-4H3,(H,29,34)(H,30,36). The maximum Gasteiger partial charge on any atom is 0.408 e. The number of aromatic hydroxyl groups is 1. The molecule has 0 aliphatic rings. The van der Waals surface area contributed by atoms with Gasteiger partial charge in [0.15, 0.2) is 0 Å². The average Bonchev–Trinajstić information content (AvgIpc) is 2.84. The van der Waals surface area contributed by atoms with Gasteiger partial charge >= 0.3 is 6.09 Å². The fraction of sp³-hybridized carbons (Fsp3) is 0.250. The summed E-state index contributed by atoms with van der Waals surface area (Å²) in [6.07, 6.45) is 4.73. The van der Waals surface area contributed by atoms with Gasteiger partial charge in [0.05, 0.1) is 6.61 Å². The molecule has 192 valence electrons. The molecule has 0 saturated carbocycles. The molecule has 3 rings (SSSR count). The minimum Gasteiger partial charge on any atom is -0.508 e. The molecule has 9 nitrogen and oxygen atoms in total. The smallest absolute Gasteiger partial charge is 0.408 e. The topological polar surface area (TPSA) is 128 Å². The molecule has 9 heteroatoms. The van der Waals surface area contributed by atoms with E-state index in [0.717, 1.165) is 15.7 Å². The van der Waals surface area contributed by atoms with E-state index in [2.05, 4.69) is 16.7 Å². The highest BCUT2D eigenvalue weighted by Crippen LogP contribution is 2.27. The molecule has 2 atom stereocenters. The van der Waals surface area contributed by atoms with Gasteiger partial charge in [-0.15, -0.1) is 0 Å². The number of benzene rings is 3. The molecular weight excluding hydrogens is 474 g/mol. The van der Waals surface area contributed by atoms with Crippen molar-refractivity contribution in [3.63, 3.8) is 0 Å². The fourth-order valence-electron chi connectivity index (χ4n) is 3.66. The van der Waals surface area contributed by atoms with Crippen LogP contribution in [0.4, 0.5) is 10.5 Å². The summed E-state index contributed by atoms with van der Waals surface area (Å²) in [6.45, 7) is 4.14. The molecule has 0 aliphatic carbocycles. The van der Waals surface area contributed by atoms with Crippen molar-refractivity contribution in [2.45, 2.75) is 38.5 Å². The number of carbonyl (C=O) groups excluding carboxylic acids is 3. The van der Waals surface area contributed by atoms with Crippen LogP contribution in [0.1, 0.15) is 32.4 Å². The SMILES string of the molecule is C#CN(C(=O)C(CO)NC(=O)OC(C)(C)C)C(C(=O)Nc1ccc2ccccc2c1)c1cccc(O)c1. The number of hydrogen-bond acceptors (Lipinski definition) is 6. The maximum absolute atomic E-state index is 13.5. The third-order valence-corrected chi connectivity index (χ3v) is 5.26. The van der Waals surface area contributed by atoms with E-state index >= 15 is 0 Å². The van der Waals surface area contributed by atoms with Crippen LogP contribution in [0, 0.1) is 12.5 Å². The third-order valence-electron chi connectivity index (χ3n) is 5.26. The maximum atomic E-state index is 13.5. The van der Waals surface area contributed by atoms with E-state index in [9.17, 15) is 24.6 Å². The lowest BCUT2D eigenvalue weighted by Gasteiger charge is -2.29. The number of ether oxygens (including phenoxy) is 1. The number of anilines is 1. The highest BCUT2D eigenvalue weighted by molar-refractivity contribution is 6.01. The van der Waals surface area contributed by atoms with Gasteiger partial charge in [-0.2, -0.15) is 0 Å². The largest absolute Gasteiger partial charge is 0.508 e. The Labute approximate surface area is 215 Å². The van der Waals surface area contributed by atoms with Gasteiger partial charge in [0.1, 0.15) is 23.4 Å². The molecule has 3 aromatic rings. The van der Waals surface area contributed by atoms with Gasteiger partial charge in [-0.05, 0) is 61.4 Å². The molecule has 0 heterocycles. The summed E-state index contributed by atoms with van der Waals surface area (Å²) in [6, 6.07) is 18.0. The Bertz CT molecular complexity index is 1340. The molecule has 0 saturated heterocycles. The van der Waals surface area contributed by atoms with Gasteiger partial charge in [-0.25, -0.2) is 4.79 Å². The van der Waals surface area contributed by atoms with Gasteiger partial charge in [0, 0.05) is 11.7 Å². The first-order valence-corrected chi connectivity index (χ1v) is 11.5. The predicted molar refractivity (Wildman–Crippen MR) is 139 cm³/mol. The Morgan fingerprint density at radius 2 is 1.73 bits per heavy atom. The van der Waals surface area contributed by atoms with E-state index in [0.29, 0.717) is 5.69 Å². The molecule has 0 aliphatic heterocycles. The summed E-state index contributed by atoms with van der Waals surface area (Å²) in [5.74, 6) is -1.73. The number of phenols is 1. The first kappa shape index (κ1) is 27.0. The minimum atomic E-state index is -1.49. The van der Waals surface area contributed by atoms with E-state index in [1.54, 1.807) is 32.9 Å². The summed E-state index contributed by atoms with van der Waals surface area (Å²) in [5, 5.41) is 26.8. The third kappa shape index (κ3) is 6.99. The van der Waals surface area contributed by atoms with Crippen molar-refractivity contribution >= 4 is 34.4 Å². The normalized spacial score (nSPS) is 12.6. The highest BCUT2D eigenvalue weighted by Gasteiger charge is 2.36. The van der Waals surface area contributed by atoms with Gasteiger partial charge in [0.25, 0.3) is 11.8 Å². The number of terminal acetylenes is 1. The Kier molecular flexibility index (Phi) is 8.37. The Morgan fingerprint density at radius 3 is 2.35 bits per heavy atom. The Hall–Kier alpha value is -4.55. The molecule has 0 aromatic heterocycles. The van der Waals surface area contributed by atoms with Crippen LogP contribution in [0.25, 0.3) is 10.8 Å². The summed E-state index contributed by atoms with van der Waals surface area (Å²) in [7, 11) is 0. The number of nitrogens with zero attached hydrogens (tertiary/aromatic N) is 1. The number of hydrogen-bond donors (Lipinski definition) is 4. The number of aliphatic hydroxyl groups is 1. The van der Waals surface area contributed by atoms with Gasteiger partial charge < -0.3 is 25.6 Å². The number of carbonyl (C=O) groups is 3. The lowest BCUT2D eigenvalue weighted by atomic mass is 10.0. The van der Waals surface area contributed by atoms with Crippen molar-refractivity contribution in [3.05, 3.63) is 72.3 Å². The molecule has 3 amide bonds. The van der Waals surface area contributed by atoms with E-state index in [-0.39, 0.29) is 11.3 Å². The lowest BCUT2D eigenvalue weighted by molar-refractivity contribution is -0.137. The molecule has 2 unspecified atom stereocenters. The zero-order valence-electron chi connectivity index (χ0n) is 20.8. The second-order valence-corrected chi connectivity index (χ2v) is 9.27. The molecule has 4 N–H and O–H groups in total. The Balaban J connectivity index is 1.93. The van der Waals surface area contributed by atoms with Crippen LogP contribution in [0.15, 0.2) is 66.7 Å². The first-order chi connectivity index (χ1) is 17.5. The predicted octanol–water partition coefficient (Wildman–Crippen LogP) is 3.53. The summed E-state index contributed by atoms with van der Waals surface area (Å²) < 4.78 is 5.16. The second-order valence-electron chi connectivity index (χ2n) is 9.27. The molecule has 0 spiro atoms. The molecule has 3 aromatic carbocycles. The van der Waals surface area contributed by atoms with Gasteiger partial charge in [0.2, 0.25) is 0 Å². The lowest BCUT2D eigenvalue weighted by Crippen LogP contribution is -2.52. The van der Waals surface area contributed by atoms with Crippen LogP contribution in [-0.4, -0.2) is 51.3 Å². The van der Waals surface area contributed by atoms with Crippen molar-refractivity contribution in [1.29, 1.82) is 0 Å². The molecule has 0 bridgehead atoms. The first-order valence-electron chi connectivity index (χ1n) is 11.5. The molecular formula is C28H29N3O6. The number of aliphatic hydroxyl groups excluding tert-OH is 1. The number of amides is 3. The zero-order chi connectivity index (χ0) is 27.2. The van der Waals surface area contributed by atoms with Gasteiger partial charge in [-0.3, -0.25) is 14.5 Å². The highest BCUT2D eigenvalue weighted by atomic mass is 16.6. The van der Waals surface area contributed by atoms with E-state index in [4.69, 9.17) is 11.2 Å². The number of rotatable bonds is 7. The monoisotopic (exact) mass is 503 g/mol. The molecule has 0 fully saturated rings. The molecule has 0 radical (unpaired) electrons. The van der Waals surface area contributed by atoms with Crippen LogP contribution in [0.2, 0.25) is 0 Å². The minimum absolute atomic E-state index is 0.143. The van der Waals surface area contributed by atoms with Crippen LogP contribution < -0.4 is 10.6 Å². The number of fused-ring (bicyclic) bond motifs is 1. The zero-order valence-corrected chi connectivity index (χ0v) is 20.8.